The summed E-state index contributed by atoms with van der Waals surface area (Å²) in [4.78, 5) is 30.9. The molecule has 3 aromatic rings. The van der Waals surface area contributed by atoms with Crippen molar-refractivity contribution in [2.45, 2.75) is 26.9 Å². The number of rotatable bonds is 9. The summed E-state index contributed by atoms with van der Waals surface area (Å²) >= 11 is 1.61. The van der Waals surface area contributed by atoms with Crippen molar-refractivity contribution >= 4 is 29.0 Å². The molecule has 0 radical (unpaired) electrons. The molecule has 3 amide bonds. The second kappa shape index (κ2) is 11.8. The van der Waals surface area contributed by atoms with Gasteiger partial charge in [0.15, 0.2) is 0 Å². The molecule has 2 aromatic carbocycles. The van der Waals surface area contributed by atoms with Gasteiger partial charge in [-0.2, -0.15) is 5.26 Å². The molecule has 0 saturated heterocycles. The van der Waals surface area contributed by atoms with E-state index in [1.165, 1.54) is 0 Å². The van der Waals surface area contributed by atoms with Gasteiger partial charge in [0.2, 0.25) is 5.91 Å². The van der Waals surface area contributed by atoms with Crippen LogP contribution >= 0.6 is 11.3 Å². The Balaban J connectivity index is 1.75. The van der Waals surface area contributed by atoms with Gasteiger partial charge in [0.05, 0.1) is 18.2 Å². The van der Waals surface area contributed by atoms with Crippen LogP contribution in [0.15, 0.2) is 72.1 Å². The number of hydrogen-bond donors (Lipinski definition) is 1. The quantitative estimate of drug-likeness (QED) is 0.468. The Morgan fingerprint density at radius 2 is 1.79 bits per heavy atom. The predicted octanol–water partition coefficient (Wildman–Crippen LogP) is 5.34. The van der Waals surface area contributed by atoms with Gasteiger partial charge in [0.25, 0.3) is 0 Å². The van der Waals surface area contributed by atoms with E-state index in [9.17, 15) is 9.59 Å². The zero-order valence-corrected chi connectivity index (χ0v) is 19.7. The van der Waals surface area contributed by atoms with Crippen molar-refractivity contribution in [1.82, 2.24) is 9.80 Å². The molecule has 170 valence electrons. The second-order valence-electron chi connectivity index (χ2n) is 8.21. The molecular formula is C26H28N4O2S. The number of carbonyl (C=O) groups excluding carboxylic acids is 2. The fourth-order valence-corrected chi connectivity index (χ4v) is 4.14. The van der Waals surface area contributed by atoms with Gasteiger partial charge in [0.1, 0.15) is 6.54 Å². The molecule has 1 N–H and O–H groups in total. The van der Waals surface area contributed by atoms with Gasteiger partial charge in [0, 0.05) is 23.7 Å². The molecule has 3 rings (SSSR count). The summed E-state index contributed by atoms with van der Waals surface area (Å²) in [6.45, 7) is 5.39. The molecule has 7 heteroatoms. The molecule has 0 saturated carbocycles. The van der Waals surface area contributed by atoms with Gasteiger partial charge in [-0.15, -0.1) is 11.3 Å². The van der Waals surface area contributed by atoms with Crippen molar-refractivity contribution in [3.63, 3.8) is 0 Å². The van der Waals surface area contributed by atoms with Crippen molar-refractivity contribution in [2.24, 2.45) is 5.92 Å². The first-order valence-corrected chi connectivity index (χ1v) is 11.7. The van der Waals surface area contributed by atoms with Crippen LogP contribution in [0.2, 0.25) is 0 Å². The summed E-state index contributed by atoms with van der Waals surface area (Å²) in [5.41, 5.74) is 2.03. The third-order valence-electron chi connectivity index (χ3n) is 4.94. The number of thiophene rings is 1. The maximum Gasteiger partial charge on any atom is 0.322 e. The lowest BCUT2D eigenvalue weighted by Crippen LogP contribution is -2.45. The average Bonchev–Trinajstić information content (AvgIpc) is 3.32. The Morgan fingerprint density at radius 1 is 1.00 bits per heavy atom. The van der Waals surface area contributed by atoms with Gasteiger partial charge in [-0.05, 0) is 41.1 Å². The highest BCUT2D eigenvalue weighted by Gasteiger charge is 2.23. The highest BCUT2D eigenvalue weighted by molar-refractivity contribution is 7.09. The molecule has 0 aliphatic carbocycles. The third kappa shape index (κ3) is 7.48. The van der Waals surface area contributed by atoms with Crippen LogP contribution in [0.1, 0.15) is 29.9 Å². The summed E-state index contributed by atoms with van der Waals surface area (Å²) in [7, 11) is 0. The highest BCUT2D eigenvalue weighted by atomic mass is 32.1. The molecule has 0 atom stereocenters. The van der Waals surface area contributed by atoms with Crippen LogP contribution in [-0.2, 0) is 17.9 Å². The van der Waals surface area contributed by atoms with E-state index in [1.54, 1.807) is 45.4 Å². The van der Waals surface area contributed by atoms with E-state index < -0.39 is 0 Å². The molecule has 0 aliphatic rings. The summed E-state index contributed by atoms with van der Waals surface area (Å²) in [6, 6.07) is 22.3. The van der Waals surface area contributed by atoms with Crippen LogP contribution in [0.4, 0.5) is 10.5 Å². The van der Waals surface area contributed by atoms with Gasteiger partial charge >= 0.3 is 6.03 Å². The maximum absolute atomic E-state index is 13.4. The first-order chi connectivity index (χ1) is 15.9. The monoisotopic (exact) mass is 460 g/mol. The van der Waals surface area contributed by atoms with Crippen LogP contribution in [0.25, 0.3) is 0 Å². The third-order valence-corrected chi connectivity index (χ3v) is 5.80. The molecule has 0 unspecified atom stereocenters. The fraction of sp³-hybridized carbons (Fsp3) is 0.269. The molecule has 1 heterocycles. The summed E-state index contributed by atoms with van der Waals surface area (Å²) < 4.78 is 0. The van der Waals surface area contributed by atoms with Crippen LogP contribution in [-0.4, -0.2) is 34.8 Å². The minimum absolute atomic E-state index is 0.0276. The van der Waals surface area contributed by atoms with Crippen molar-refractivity contribution < 1.29 is 9.59 Å². The zero-order valence-electron chi connectivity index (χ0n) is 18.9. The van der Waals surface area contributed by atoms with E-state index in [0.717, 1.165) is 10.4 Å². The van der Waals surface area contributed by atoms with E-state index in [2.05, 4.69) is 11.4 Å². The van der Waals surface area contributed by atoms with Crippen LogP contribution in [0.3, 0.4) is 0 Å². The zero-order chi connectivity index (χ0) is 23.6. The van der Waals surface area contributed by atoms with E-state index in [0.29, 0.717) is 30.9 Å². The van der Waals surface area contributed by atoms with Gasteiger partial charge in [-0.25, -0.2) is 4.79 Å². The number of benzene rings is 2. The number of amides is 3. The SMILES string of the molecule is CC(C)CN(CC(=O)N(Cc1ccccc1)Cc1cccs1)C(=O)Nc1cccc(C#N)c1. The Bertz CT molecular complexity index is 1090. The van der Waals surface area contributed by atoms with Crippen LogP contribution in [0, 0.1) is 17.2 Å². The molecule has 6 nitrogen and oxygen atoms in total. The maximum atomic E-state index is 13.4. The lowest BCUT2D eigenvalue weighted by Gasteiger charge is -2.29. The number of carbonyl (C=O) groups is 2. The van der Waals surface area contributed by atoms with E-state index in [-0.39, 0.29) is 24.4 Å². The second-order valence-corrected chi connectivity index (χ2v) is 9.24. The van der Waals surface area contributed by atoms with E-state index in [4.69, 9.17) is 5.26 Å². The Labute approximate surface area is 199 Å². The van der Waals surface area contributed by atoms with E-state index >= 15 is 0 Å². The standard InChI is InChI=1S/C26H28N4O2S/c1-20(2)16-30(26(32)28-23-11-6-10-22(14-23)15-27)19-25(31)29(18-24-12-7-13-33-24)17-21-8-4-3-5-9-21/h3-14,20H,16-19H2,1-2H3,(H,28,32). The molecule has 0 spiro atoms. The molecular weight excluding hydrogens is 432 g/mol. The Morgan fingerprint density at radius 3 is 2.45 bits per heavy atom. The molecule has 0 bridgehead atoms. The lowest BCUT2D eigenvalue weighted by atomic mass is 10.2. The topological polar surface area (TPSA) is 76.4 Å². The summed E-state index contributed by atoms with van der Waals surface area (Å²) in [6.07, 6.45) is 0. The number of anilines is 1. The number of nitrogens with one attached hydrogen (secondary N) is 1. The van der Waals surface area contributed by atoms with Crippen molar-refractivity contribution in [3.05, 3.63) is 88.1 Å². The first kappa shape index (κ1) is 24.0. The van der Waals surface area contributed by atoms with Crippen LogP contribution < -0.4 is 5.32 Å². The van der Waals surface area contributed by atoms with Gasteiger partial charge in [-0.3, -0.25) is 4.79 Å². The normalized spacial score (nSPS) is 10.5. The number of nitriles is 1. The minimum Gasteiger partial charge on any atom is -0.332 e. The smallest absolute Gasteiger partial charge is 0.322 e. The highest BCUT2D eigenvalue weighted by Crippen LogP contribution is 2.16. The summed E-state index contributed by atoms with van der Waals surface area (Å²) in [5.74, 6) is 0.0719. The largest absolute Gasteiger partial charge is 0.332 e. The molecule has 1 aromatic heterocycles. The lowest BCUT2D eigenvalue weighted by molar-refractivity contribution is -0.133. The molecule has 0 aliphatic heterocycles. The van der Waals surface area contributed by atoms with Crippen LogP contribution in [0.5, 0.6) is 0 Å². The average molecular weight is 461 g/mol. The van der Waals surface area contributed by atoms with Gasteiger partial charge in [-0.1, -0.05) is 56.3 Å². The minimum atomic E-state index is -0.358. The van der Waals surface area contributed by atoms with Gasteiger partial charge < -0.3 is 15.1 Å². The van der Waals surface area contributed by atoms with Crippen molar-refractivity contribution in [2.75, 3.05) is 18.4 Å². The number of urea groups is 1. The summed E-state index contributed by atoms with van der Waals surface area (Å²) in [5, 5.41) is 13.9. The number of hydrogen-bond acceptors (Lipinski definition) is 4. The Kier molecular flexibility index (Phi) is 8.62. The fourth-order valence-electron chi connectivity index (χ4n) is 3.42. The molecule has 33 heavy (non-hydrogen) atoms. The van der Waals surface area contributed by atoms with Crippen molar-refractivity contribution in [3.8, 4) is 6.07 Å². The van der Waals surface area contributed by atoms with E-state index in [1.807, 2.05) is 61.7 Å². The predicted molar refractivity (Wildman–Crippen MR) is 132 cm³/mol. The molecule has 0 fully saturated rings. The van der Waals surface area contributed by atoms with Crippen molar-refractivity contribution in [1.29, 1.82) is 5.26 Å². The first-order valence-electron chi connectivity index (χ1n) is 10.8. The Hall–Kier alpha value is -3.63. The number of nitrogens with zero attached hydrogens (tertiary/aromatic N) is 3.